The molecule has 0 aromatic carbocycles. The second-order valence-electron chi connectivity index (χ2n) is 6.42. The summed E-state index contributed by atoms with van der Waals surface area (Å²) in [6.45, 7) is 9.18. The van der Waals surface area contributed by atoms with Gasteiger partial charge in [0.15, 0.2) is 5.78 Å². The number of Topliss-reactive ketones (excluding diaryl/α,β-unsaturated/α-hetero) is 1. The highest BCUT2D eigenvalue weighted by molar-refractivity contribution is 7.80. The second-order valence-corrected chi connectivity index (χ2v) is 6.84. The van der Waals surface area contributed by atoms with Gasteiger partial charge in [0.2, 0.25) is 0 Å². The van der Waals surface area contributed by atoms with Crippen LogP contribution < -0.4 is 0 Å². The van der Waals surface area contributed by atoms with Crippen molar-refractivity contribution in [2.45, 2.75) is 59.2 Å². The standard InChI is InChI=1S/C16H30N2O3S/c1-10(2)9-14(17(6)7)16(20)21-13(5)15(22)18(8)11(3)12(4)19/h10-11,13-14H,9H2,1-8H3/t11-,13?,14-/m0/s1. The van der Waals surface area contributed by atoms with Crippen molar-refractivity contribution in [3.05, 3.63) is 0 Å². The second kappa shape index (κ2) is 9.20. The predicted molar refractivity (Wildman–Crippen MR) is 93.0 cm³/mol. The quantitative estimate of drug-likeness (QED) is 0.502. The normalized spacial score (nSPS) is 15.4. The third kappa shape index (κ3) is 6.40. The molecule has 0 saturated carbocycles. The van der Waals surface area contributed by atoms with Crippen molar-refractivity contribution in [2.24, 2.45) is 5.92 Å². The minimum atomic E-state index is -0.538. The molecule has 22 heavy (non-hydrogen) atoms. The molecule has 0 saturated heterocycles. The molecule has 0 bridgehead atoms. The Morgan fingerprint density at radius 1 is 1.09 bits per heavy atom. The van der Waals surface area contributed by atoms with E-state index >= 15 is 0 Å². The van der Waals surface area contributed by atoms with E-state index in [-0.39, 0.29) is 23.8 Å². The summed E-state index contributed by atoms with van der Waals surface area (Å²) in [5, 5.41) is 0. The third-order valence-electron chi connectivity index (χ3n) is 3.75. The van der Waals surface area contributed by atoms with E-state index in [1.165, 1.54) is 6.92 Å². The molecule has 0 aromatic rings. The molecular formula is C16H30N2O3S. The maximum absolute atomic E-state index is 12.4. The lowest BCUT2D eigenvalue weighted by atomic mass is 10.0. The minimum Gasteiger partial charge on any atom is -0.454 e. The number of esters is 1. The summed E-state index contributed by atoms with van der Waals surface area (Å²) >= 11 is 5.34. The number of carbonyl (C=O) groups is 2. The molecule has 0 fully saturated rings. The number of hydrogen-bond donors (Lipinski definition) is 0. The molecule has 128 valence electrons. The fraction of sp³-hybridized carbons (Fsp3) is 0.812. The smallest absolute Gasteiger partial charge is 0.324 e. The van der Waals surface area contributed by atoms with Gasteiger partial charge < -0.3 is 9.64 Å². The average molecular weight is 330 g/mol. The Hall–Kier alpha value is -1.01. The molecular weight excluding hydrogens is 300 g/mol. The number of nitrogens with zero attached hydrogens (tertiary/aromatic N) is 2. The molecule has 6 heteroatoms. The molecule has 0 aliphatic carbocycles. The zero-order chi connectivity index (χ0) is 17.6. The molecule has 5 nitrogen and oxygen atoms in total. The Balaban J connectivity index is 4.81. The Labute approximate surface area is 140 Å². The Morgan fingerprint density at radius 2 is 1.59 bits per heavy atom. The summed E-state index contributed by atoms with van der Waals surface area (Å²) in [5.41, 5.74) is 0. The van der Waals surface area contributed by atoms with Crippen LogP contribution in [-0.2, 0) is 14.3 Å². The Bertz CT molecular complexity index is 410. The van der Waals surface area contributed by atoms with E-state index in [4.69, 9.17) is 17.0 Å². The van der Waals surface area contributed by atoms with Crippen molar-refractivity contribution in [3.63, 3.8) is 0 Å². The molecule has 0 radical (unpaired) electrons. The number of thiocarbonyl (C=S) groups is 1. The molecule has 0 rings (SSSR count). The first-order valence-corrected chi connectivity index (χ1v) is 8.03. The number of likely N-dealkylation sites (N-methyl/N-ethyl adjacent to an activating group) is 2. The molecule has 0 N–H and O–H groups in total. The van der Waals surface area contributed by atoms with Gasteiger partial charge in [0.05, 0.1) is 6.04 Å². The molecule has 0 heterocycles. The number of carbonyl (C=O) groups excluding carboxylic acids is 2. The van der Waals surface area contributed by atoms with E-state index in [1.807, 2.05) is 19.0 Å². The number of rotatable bonds is 8. The summed E-state index contributed by atoms with van der Waals surface area (Å²) < 4.78 is 5.51. The first-order valence-electron chi connectivity index (χ1n) is 7.63. The van der Waals surface area contributed by atoms with Gasteiger partial charge in [-0.25, -0.2) is 0 Å². The highest BCUT2D eigenvalue weighted by Crippen LogP contribution is 2.13. The van der Waals surface area contributed by atoms with Crippen molar-refractivity contribution >= 4 is 29.0 Å². The maximum atomic E-state index is 12.4. The lowest BCUT2D eigenvalue weighted by molar-refractivity contribution is -0.151. The number of ether oxygens (including phenoxy) is 1. The van der Waals surface area contributed by atoms with Gasteiger partial charge in [0.25, 0.3) is 0 Å². The molecule has 1 unspecified atom stereocenters. The van der Waals surface area contributed by atoms with Crippen LogP contribution in [0.25, 0.3) is 0 Å². The van der Waals surface area contributed by atoms with Crippen LogP contribution in [0.2, 0.25) is 0 Å². The minimum absolute atomic E-state index is 0.0225. The summed E-state index contributed by atoms with van der Waals surface area (Å²) in [5.74, 6) is 0.134. The highest BCUT2D eigenvalue weighted by Gasteiger charge is 2.28. The number of ketones is 1. The highest BCUT2D eigenvalue weighted by atomic mass is 32.1. The average Bonchev–Trinajstić information content (AvgIpc) is 2.41. The number of hydrogen-bond acceptors (Lipinski definition) is 5. The van der Waals surface area contributed by atoms with Crippen LogP contribution in [0.3, 0.4) is 0 Å². The Kier molecular flexibility index (Phi) is 8.78. The van der Waals surface area contributed by atoms with E-state index in [1.54, 1.807) is 25.8 Å². The van der Waals surface area contributed by atoms with Crippen molar-refractivity contribution in [2.75, 3.05) is 21.1 Å². The summed E-state index contributed by atoms with van der Waals surface area (Å²) in [6, 6.07) is -0.616. The van der Waals surface area contributed by atoms with Crippen LogP contribution in [0.15, 0.2) is 0 Å². The van der Waals surface area contributed by atoms with E-state index in [0.717, 1.165) is 6.42 Å². The van der Waals surface area contributed by atoms with Crippen molar-refractivity contribution in [1.29, 1.82) is 0 Å². The van der Waals surface area contributed by atoms with E-state index in [0.29, 0.717) is 10.9 Å². The van der Waals surface area contributed by atoms with Crippen LogP contribution >= 0.6 is 12.2 Å². The van der Waals surface area contributed by atoms with Crippen LogP contribution in [-0.4, -0.2) is 65.9 Å². The van der Waals surface area contributed by atoms with Gasteiger partial charge in [-0.1, -0.05) is 26.1 Å². The Morgan fingerprint density at radius 3 is 1.95 bits per heavy atom. The van der Waals surface area contributed by atoms with E-state index < -0.39 is 6.10 Å². The van der Waals surface area contributed by atoms with Gasteiger partial charge in [0.1, 0.15) is 17.1 Å². The fourth-order valence-electron chi connectivity index (χ4n) is 2.02. The van der Waals surface area contributed by atoms with E-state index in [2.05, 4.69) is 13.8 Å². The topological polar surface area (TPSA) is 49.9 Å². The monoisotopic (exact) mass is 330 g/mol. The first-order chi connectivity index (χ1) is 9.98. The third-order valence-corrected chi connectivity index (χ3v) is 4.37. The molecule has 0 aliphatic rings. The van der Waals surface area contributed by atoms with Crippen molar-refractivity contribution < 1.29 is 14.3 Å². The molecule has 0 aromatic heterocycles. The van der Waals surface area contributed by atoms with Gasteiger partial charge in [-0.3, -0.25) is 14.5 Å². The summed E-state index contributed by atoms with van der Waals surface area (Å²) in [6.07, 6.45) is 0.189. The van der Waals surface area contributed by atoms with Crippen molar-refractivity contribution in [3.8, 4) is 0 Å². The zero-order valence-electron chi connectivity index (χ0n) is 15.0. The molecule has 0 amide bonds. The van der Waals surface area contributed by atoms with E-state index in [9.17, 15) is 9.59 Å². The lowest BCUT2D eigenvalue weighted by Gasteiger charge is -2.30. The van der Waals surface area contributed by atoms with Gasteiger partial charge in [0, 0.05) is 7.05 Å². The van der Waals surface area contributed by atoms with Crippen LogP contribution in [0.4, 0.5) is 0 Å². The molecule has 0 aliphatic heterocycles. The molecule has 3 atom stereocenters. The lowest BCUT2D eigenvalue weighted by Crippen LogP contribution is -2.46. The summed E-state index contributed by atoms with van der Waals surface area (Å²) in [4.78, 5) is 27.8. The fourth-order valence-corrected chi connectivity index (χ4v) is 2.22. The van der Waals surface area contributed by atoms with Gasteiger partial charge in [-0.05, 0) is 47.2 Å². The molecule has 0 spiro atoms. The van der Waals surface area contributed by atoms with Gasteiger partial charge in [-0.15, -0.1) is 0 Å². The van der Waals surface area contributed by atoms with Crippen molar-refractivity contribution in [1.82, 2.24) is 9.80 Å². The van der Waals surface area contributed by atoms with Crippen LogP contribution in [0.5, 0.6) is 0 Å². The first kappa shape index (κ1) is 21.0. The largest absolute Gasteiger partial charge is 0.454 e. The van der Waals surface area contributed by atoms with Crippen LogP contribution in [0, 0.1) is 5.92 Å². The maximum Gasteiger partial charge on any atom is 0.324 e. The predicted octanol–water partition coefficient (Wildman–Crippen LogP) is 2.13. The van der Waals surface area contributed by atoms with Crippen LogP contribution in [0.1, 0.15) is 41.0 Å². The SMILES string of the molecule is CC(=O)[C@H](C)N(C)C(=S)C(C)OC(=O)[C@H](CC(C)C)N(C)C. The van der Waals surface area contributed by atoms with Gasteiger partial charge in [-0.2, -0.15) is 0 Å². The zero-order valence-corrected chi connectivity index (χ0v) is 15.9. The van der Waals surface area contributed by atoms with Gasteiger partial charge >= 0.3 is 5.97 Å². The summed E-state index contributed by atoms with van der Waals surface area (Å²) in [7, 11) is 5.47.